The number of halogens is 1. The van der Waals surface area contributed by atoms with Crippen molar-refractivity contribution in [1.82, 2.24) is 0 Å². The highest BCUT2D eigenvalue weighted by molar-refractivity contribution is 5.37. The maximum absolute atomic E-state index is 13.7. The lowest BCUT2D eigenvalue weighted by Gasteiger charge is -2.16. The van der Waals surface area contributed by atoms with Crippen LogP contribution in [0.2, 0.25) is 0 Å². The Morgan fingerprint density at radius 2 is 2.25 bits per heavy atom. The summed E-state index contributed by atoms with van der Waals surface area (Å²) in [6.45, 7) is 4.72. The minimum absolute atomic E-state index is 0.0658. The Balaban J connectivity index is 2.80. The molecule has 3 heteroatoms. The zero-order valence-corrected chi connectivity index (χ0v) is 9.70. The Labute approximate surface area is 95.4 Å². The lowest BCUT2D eigenvalue weighted by molar-refractivity contribution is -0.128. The van der Waals surface area contributed by atoms with Gasteiger partial charge in [0.15, 0.2) is 0 Å². The van der Waals surface area contributed by atoms with Crippen LogP contribution in [0.1, 0.15) is 37.3 Å². The summed E-state index contributed by atoms with van der Waals surface area (Å²) in [5, 5.41) is 0. The van der Waals surface area contributed by atoms with Gasteiger partial charge >= 0.3 is 0 Å². The number of ether oxygens (including phenoxy) is 1. The quantitative estimate of drug-likeness (QED) is 0.548. The summed E-state index contributed by atoms with van der Waals surface area (Å²) in [6.07, 6.45) is 1.46. The fourth-order valence-electron chi connectivity index (χ4n) is 1.88. The number of hydrogen-bond donors (Lipinski definition) is 0. The molecule has 1 aromatic rings. The maximum atomic E-state index is 13.7. The van der Waals surface area contributed by atoms with Crippen molar-refractivity contribution in [2.24, 2.45) is 0 Å². The minimum Gasteiger partial charge on any atom is -0.468 e. The maximum Gasteiger partial charge on any atom is 0.293 e. The third-order valence-corrected chi connectivity index (χ3v) is 2.75. The van der Waals surface area contributed by atoms with E-state index >= 15 is 0 Å². The number of benzene rings is 1. The van der Waals surface area contributed by atoms with Gasteiger partial charge in [0.2, 0.25) is 0 Å². The Morgan fingerprint density at radius 3 is 2.88 bits per heavy atom. The highest BCUT2D eigenvalue weighted by atomic mass is 19.1. The summed E-state index contributed by atoms with van der Waals surface area (Å²) >= 11 is 0. The average Bonchev–Trinajstić information content (AvgIpc) is 2.28. The van der Waals surface area contributed by atoms with E-state index in [-0.39, 0.29) is 11.7 Å². The molecule has 2 nitrogen and oxygen atoms in total. The smallest absolute Gasteiger partial charge is 0.293 e. The molecule has 0 aliphatic carbocycles. The molecule has 1 unspecified atom stereocenters. The first-order valence-corrected chi connectivity index (χ1v) is 5.53. The van der Waals surface area contributed by atoms with Gasteiger partial charge < -0.3 is 4.74 Å². The molecule has 0 saturated heterocycles. The molecule has 0 aromatic heterocycles. The molecule has 0 spiro atoms. The summed E-state index contributed by atoms with van der Waals surface area (Å²) in [4.78, 5) is 10.0. The van der Waals surface area contributed by atoms with Gasteiger partial charge in [-0.1, -0.05) is 26.0 Å². The van der Waals surface area contributed by atoms with Gasteiger partial charge in [-0.15, -0.1) is 0 Å². The van der Waals surface area contributed by atoms with Gasteiger partial charge in [0.25, 0.3) is 6.47 Å². The SMILES string of the molecule is CCc1cccc(F)c1C(C)CCOC=O. The van der Waals surface area contributed by atoms with Gasteiger partial charge in [0.05, 0.1) is 6.61 Å². The second-order valence-corrected chi connectivity index (χ2v) is 3.82. The Kier molecular flexibility index (Phi) is 4.96. The van der Waals surface area contributed by atoms with E-state index in [4.69, 9.17) is 0 Å². The van der Waals surface area contributed by atoms with E-state index in [1.807, 2.05) is 19.9 Å². The fraction of sp³-hybridized carbons (Fsp3) is 0.462. The van der Waals surface area contributed by atoms with Gasteiger partial charge in [-0.3, -0.25) is 4.79 Å². The molecule has 0 heterocycles. The molecular formula is C13H17FO2. The van der Waals surface area contributed by atoms with Crippen LogP contribution in [0.4, 0.5) is 4.39 Å². The molecule has 16 heavy (non-hydrogen) atoms. The fourth-order valence-corrected chi connectivity index (χ4v) is 1.88. The third-order valence-electron chi connectivity index (χ3n) is 2.75. The van der Waals surface area contributed by atoms with Crippen molar-refractivity contribution >= 4 is 6.47 Å². The van der Waals surface area contributed by atoms with E-state index in [9.17, 15) is 9.18 Å². The molecule has 0 fully saturated rings. The van der Waals surface area contributed by atoms with Crippen molar-refractivity contribution in [2.75, 3.05) is 6.61 Å². The van der Waals surface area contributed by atoms with Crippen molar-refractivity contribution in [3.63, 3.8) is 0 Å². The molecule has 1 rings (SSSR count). The standard InChI is InChI=1S/C13H17FO2/c1-3-11-5-4-6-12(14)13(11)10(2)7-8-16-9-15/h4-6,9-10H,3,7-8H2,1-2H3. The highest BCUT2D eigenvalue weighted by Gasteiger charge is 2.14. The van der Waals surface area contributed by atoms with Gasteiger partial charge in [-0.25, -0.2) is 4.39 Å². The van der Waals surface area contributed by atoms with Gasteiger partial charge in [0, 0.05) is 0 Å². The second kappa shape index (κ2) is 6.26. The second-order valence-electron chi connectivity index (χ2n) is 3.82. The normalized spacial score (nSPS) is 12.2. The lowest BCUT2D eigenvalue weighted by atomic mass is 9.92. The topological polar surface area (TPSA) is 26.3 Å². The van der Waals surface area contributed by atoms with E-state index in [2.05, 4.69) is 4.74 Å². The summed E-state index contributed by atoms with van der Waals surface area (Å²) in [7, 11) is 0. The molecule has 88 valence electrons. The monoisotopic (exact) mass is 224 g/mol. The highest BCUT2D eigenvalue weighted by Crippen LogP contribution is 2.26. The van der Waals surface area contributed by atoms with Crippen molar-refractivity contribution < 1.29 is 13.9 Å². The molecule has 0 radical (unpaired) electrons. The number of rotatable bonds is 6. The zero-order chi connectivity index (χ0) is 12.0. The molecule has 0 aliphatic heterocycles. The first-order valence-electron chi connectivity index (χ1n) is 5.53. The summed E-state index contributed by atoms with van der Waals surface area (Å²) in [6, 6.07) is 5.15. The largest absolute Gasteiger partial charge is 0.468 e. The molecular weight excluding hydrogens is 207 g/mol. The first-order chi connectivity index (χ1) is 7.70. The summed E-state index contributed by atoms with van der Waals surface area (Å²) < 4.78 is 18.3. The number of aryl methyl sites for hydroxylation is 1. The van der Waals surface area contributed by atoms with Crippen LogP contribution >= 0.6 is 0 Å². The Bertz CT molecular complexity index is 350. The van der Waals surface area contributed by atoms with Crippen LogP contribution in [-0.2, 0) is 16.0 Å². The van der Waals surface area contributed by atoms with E-state index in [1.54, 1.807) is 6.07 Å². The van der Waals surface area contributed by atoms with Crippen LogP contribution in [0.15, 0.2) is 18.2 Å². The number of hydrogen-bond acceptors (Lipinski definition) is 2. The third kappa shape index (κ3) is 3.05. The molecule has 0 saturated carbocycles. The Morgan fingerprint density at radius 1 is 1.50 bits per heavy atom. The molecule has 0 amide bonds. The van der Waals surface area contributed by atoms with Gasteiger partial charge in [-0.05, 0) is 36.0 Å². The number of carbonyl (C=O) groups excluding carboxylic acids is 1. The van der Waals surface area contributed by atoms with Gasteiger partial charge in [-0.2, -0.15) is 0 Å². The number of carbonyl (C=O) groups is 1. The molecule has 1 aromatic carbocycles. The molecule has 0 bridgehead atoms. The average molecular weight is 224 g/mol. The van der Waals surface area contributed by atoms with Gasteiger partial charge in [0.1, 0.15) is 5.82 Å². The molecule has 0 aliphatic rings. The Hall–Kier alpha value is -1.38. The van der Waals surface area contributed by atoms with Crippen LogP contribution in [0.25, 0.3) is 0 Å². The van der Waals surface area contributed by atoms with Crippen LogP contribution < -0.4 is 0 Å². The van der Waals surface area contributed by atoms with Crippen molar-refractivity contribution in [3.8, 4) is 0 Å². The predicted molar refractivity (Wildman–Crippen MR) is 60.8 cm³/mol. The van der Waals surface area contributed by atoms with E-state index in [0.717, 1.165) is 17.5 Å². The van der Waals surface area contributed by atoms with Crippen LogP contribution in [0.5, 0.6) is 0 Å². The molecule has 1 atom stereocenters. The van der Waals surface area contributed by atoms with Crippen molar-refractivity contribution in [2.45, 2.75) is 32.6 Å². The summed E-state index contributed by atoms with van der Waals surface area (Å²) in [5.41, 5.74) is 1.78. The van der Waals surface area contributed by atoms with E-state index in [0.29, 0.717) is 19.5 Å². The first kappa shape index (κ1) is 12.7. The zero-order valence-electron chi connectivity index (χ0n) is 9.70. The van der Waals surface area contributed by atoms with Crippen LogP contribution in [0.3, 0.4) is 0 Å². The van der Waals surface area contributed by atoms with E-state index < -0.39 is 0 Å². The van der Waals surface area contributed by atoms with Crippen molar-refractivity contribution in [1.29, 1.82) is 0 Å². The lowest BCUT2D eigenvalue weighted by Crippen LogP contribution is -2.05. The van der Waals surface area contributed by atoms with E-state index in [1.165, 1.54) is 6.07 Å². The molecule has 0 N–H and O–H groups in total. The minimum atomic E-state index is -0.169. The van der Waals surface area contributed by atoms with Crippen LogP contribution in [-0.4, -0.2) is 13.1 Å². The summed E-state index contributed by atoms with van der Waals surface area (Å²) in [5.74, 6) is -0.103. The predicted octanol–water partition coefficient (Wildman–Crippen LogP) is 3.05. The van der Waals surface area contributed by atoms with Crippen molar-refractivity contribution in [3.05, 3.63) is 35.1 Å². The van der Waals surface area contributed by atoms with Crippen LogP contribution in [0, 0.1) is 5.82 Å².